The van der Waals surface area contributed by atoms with E-state index in [1.807, 2.05) is 6.07 Å². The van der Waals surface area contributed by atoms with E-state index in [0.717, 1.165) is 36.4 Å². The van der Waals surface area contributed by atoms with Crippen LogP contribution in [0.5, 0.6) is 0 Å². The van der Waals surface area contributed by atoms with Crippen LogP contribution in [0.1, 0.15) is 11.8 Å². The zero-order chi connectivity index (χ0) is 11.5. The predicted octanol–water partition coefficient (Wildman–Crippen LogP) is 1.29. The second kappa shape index (κ2) is 5.31. The van der Waals surface area contributed by atoms with Crippen LogP contribution in [0.15, 0.2) is 21.2 Å². The molecule has 2 heterocycles. The Kier molecular flexibility index (Phi) is 4.02. The Morgan fingerprint density at radius 2 is 2.12 bits per heavy atom. The molecule has 0 saturated carbocycles. The lowest BCUT2D eigenvalue weighted by Crippen LogP contribution is -2.47. The van der Waals surface area contributed by atoms with Crippen molar-refractivity contribution in [2.75, 3.05) is 39.8 Å². The van der Waals surface area contributed by atoms with Gasteiger partial charge >= 0.3 is 0 Å². The molecule has 2 rings (SSSR count). The molecule has 0 aromatic carbocycles. The summed E-state index contributed by atoms with van der Waals surface area (Å²) in [5, 5.41) is 0. The Hall–Kier alpha value is -0.360. The third kappa shape index (κ3) is 2.48. The molecule has 1 aliphatic heterocycles. The largest absolute Gasteiger partial charge is 0.466 e. The molecule has 0 spiro atoms. The lowest BCUT2D eigenvalue weighted by Gasteiger charge is -2.36. The number of halogens is 1. The van der Waals surface area contributed by atoms with E-state index in [1.54, 1.807) is 6.26 Å². The van der Waals surface area contributed by atoms with Gasteiger partial charge in [-0.05, 0) is 29.0 Å². The summed E-state index contributed by atoms with van der Waals surface area (Å²) in [7, 11) is 2.15. The van der Waals surface area contributed by atoms with Gasteiger partial charge in [0.2, 0.25) is 0 Å². The molecule has 0 aliphatic carbocycles. The van der Waals surface area contributed by atoms with Crippen LogP contribution in [0.4, 0.5) is 0 Å². The van der Waals surface area contributed by atoms with Gasteiger partial charge in [-0.25, -0.2) is 0 Å². The van der Waals surface area contributed by atoms with Gasteiger partial charge in [0.05, 0.1) is 16.8 Å². The van der Waals surface area contributed by atoms with Crippen molar-refractivity contribution in [3.63, 3.8) is 0 Å². The van der Waals surface area contributed by atoms with Gasteiger partial charge in [0.1, 0.15) is 5.76 Å². The van der Waals surface area contributed by atoms with Gasteiger partial charge in [0.25, 0.3) is 0 Å². The molecule has 2 N–H and O–H groups in total. The molecule has 0 amide bonds. The third-order valence-corrected chi connectivity index (χ3v) is 3.80. The Balaban J connectivity index is 2.08. The van der Waals surface area contributed by atoms with Crippen molar-refractivity contribution >= 4 is 15.9 Å². The first-order chi connectivity index (χ1) is 7.72. The van der Waals surface area contributed by atoms with E-state index < -0.39 is 0 Å². The molecule has 0 radical (unpaired) electrons. The zero-order valence-electron chi connectivity index (χ0n) is 9.53. The molecule has 1 fully saturated rings. The fraction of sp³-hybridized carbons (Fsp3) is 0.636. The summed E-state index contributed by atoms with van der Waals surface area (Å²) in [5.74, 6) is 0.951. The highest BCUT2D eigenvalue weighted by Crippen LogP contribution is 2.28. The van der Waals surface area contributed by atoms with Gasteiger partial charge in [-0.15, -0.1) is 0 Å². The van der Waals surface area contributed by atoms with Crippen molar-refractivity contribution < 1.29 is 4.42 Å². The summed E-state index contributed by atoms with van der Waals surface area (Å²) in [6, 6.07) is 2.12. The minimum absolute atomic E-state index is 0.193. The molecule has 16 heavy (non-hydrogen) atoms. The van der Waals surface area contributed by atoms with Gasteiger partial charge in [-0.2, -0.15) is 0 Å². The van der Waals surface area contributed by atoms with E-state index in [0.29, 0.717) is 6.54 Å². The highest BCUT2D eigenvalue weighted by Gasteiger charge is 2.26. The van der Waals surface area contributed by atoms with E-state index in [1.165, 1.54) is 0 Å². The molecule has 0 bridgehead atoms. The summed E-state index contributed by atoms with van der Waals surface area (Å²) in [4.78, 5) is 4.73. The normalized spacial score (nSPS) is 21.2. The van der Waals surface area contributed by atoms with E-state index in [2.05, 4.69) is 32.8 Å². The zero-order valence-corrected chi connectivity index (χ0v) is 11.1. The van der Waals surface area contributed by atoms with E-state index in [4.69, 9.17) is 10.2 Å². The maximum absolute atomic E-state index is 5.86. The number of piperazine rings is 1. The molecule has 90 valence electrons. The van der Waals surface area contributed by atoms with Crippen molar-refractivity contribution in [3.05, 3.63) is 22.6 Å². The van der Waals surface area contributed by atoms with E-state index in [9.17, 15) is 0 Å². The standard InChI is InChI=1S/C11H18BrN3O/c1-14-3-5-15(6-4-14)10(8-13)11-9(12)2-7-16-11/h2,7,10H,3-6,8,13H2,1H3. The van der Waals surface area contributed by atoms with Crippen LogP contribution in [0, 0.1) is 0 Å². The van der Waals surface area contributed by atoms with Crippen molar-refractivity contribution in [2.24, 2.45) is 5.73 Å². The molecule has 1 atom stereocenters. The van der Waals surface area contributed by atoms with Crippen molar-refractivity contribution in [1.82, 2.24) is 9.80 Å². The number of likely N-dealkylation sites (N-methyl/N-ethyl adjacent to an activating group) is 1. The van der Waals surface area contributed by atoms with Crippen LogP contribution in [0.25, 0.3) is 0 Å². The molecule has 1 aromatic rings. The summed E-state index contributed by atoms with van der Waals surface area (Å²) in [5.41, 5.74) is 5.86. The molecule has 1 unspecified atom stereocenters. The predicted molar refractivity (Wildman–Crippen MR) is 67.3 cm³/mol. The minimum Gasteiger partial charge on any atom is -0.466 e. The van der Waals surface area contributed by atoms with Crippen LogP contribution in [-0.2, 0) is 0 Å². The Morgan fingerprint density at radius 1 is 1.44 bits per heavy atom. The van der Waals surface area contributed by atoms with Crippen LogP contribution in [0.3, 0.4) is 0 Å². The second-order valence-electron chi connectivity index (χ2n) is 4.22. The highest BCUT2D eigenvalue weighted by atomic mass is 79.9. The lowest BCUT2D eigenvalue weighted by molar-refractivity contribution is 0.103. The summed E-state index contributed by atoms with van der Waals surface area (Å²) in [6.45, 7) is 4.87. The van der Waals surface area contributed by atoms with E-state index >= 15 is 0 Å². The number of rotatable bonds is 3. The van der Waals surface area contributed by atoms with Crippen molar-refractivity contribution in [3.8, 4) is 0 Å². The summed E-state index contributed by atoms with van der Waals surface area (Å²) >= 11 is 3.50. The average Bonchev–Trinajstić information content (AvgIpc) is 2.69. The van der Waals surface area contributed by atoms with Gasteiger partial charge in [-0.3, -0.25) is 4.90 Å². The first-order valence-electron chi connectivity index (χ1n) is 5.58. The second-order valence-corrected chi connectivity index (χ2v) is 5.08. The van der Waals surface area contributed by atoms with Crippen molar-refractivity contribution in [2.45, 2.75) is 6.04 Å². The fourth-order valence-electron chi connectivity index (χ4n) is 2.10. The number of furan rings is 1. The van der Waals surface area contributed by atoms with Gasteiger partial charge in [-0.1, -0.05) is 0 Å². The van der Waals surface area contributed by atoms with Crippen molar-refractivity contribution in [1.29, 1.82) is 0 Å². The first-order valence-corrected chi connectivity index (χ1v) is 6.37. The lowest BCUT2D eigenvalue weighted by atomic mass is 10.1. The molecule has 1 aliphatic rings. The molecular weight excluding hydrogens is 270 g/mol. The van der Waals surface area contributed by atoms with E-state index in [-0.39, 0.29) is 6.04 Å². The smallest absolute Gasteiger partial charge is 0.136 e. The van der Waals surface area contributed by atoms with Gasteiger partial charge < -0.3 is 15.1 Å². The highest BCUT2D eigenvalue weighted by molar-refractivity contribution is 9.10. The first kappa shape index (κ1) is 12.1. The Labute approximate surface area is 105 Å². The number of nitrogens with zero attached hydrogens (tertiary/aromatic N) is 2. The monoisotopic (exact) mass is 287 g/mol. The summed E-state index contributed by atoms with van der Waals surface area (Å²) in [6.07, 6.45) is 1.71. The van der Waals surface area contributed by atoms with Crippen LogP contribution >= 0.6 is 15.9 Å². The third-order valence-electron chi connectivity index (χ3n) is 3.15. The maximum Gasteiger partial charge on any atom is 0.136 e. The Morgan fingerprint density at radius 3 is 2.62 bits per heavy atom. The quantitative estimate of drug-likeness (QED) is 0.910. The number of hydrogen-bond acceptors (Lipinski definition) is 4. The molecule has 5 heteroatoms. The molecule has 1 saturated heterocycles. The van der Waals surface area contributed by atoms with Crippen LogP contribution < -0.4 is 5.73 Å². The SMILES string of the molecule is CN1CCN(C(CN)c2occc2Br)CC1. The molecule has 4 nitrogen and oxygen atoms in total. The topological polar surface area (TPSA) is 45.6 Å². The average molecular weight is 288 g/mol. The number of hydrogen-bond donors (Lipinski definition) is 1. The fourth-order valence-corrected chi connectivity index (χ4v) is 2.56. The van der Waals surface area contributed by atoms with Crippen LogP contribution in [0.2, 0.25) is 0 Å². The molecular formula is C11H18BrN3O. The number of nitrogens with two attached hydrogens (primary N) is 1. The minimum atomic E-state index is 0.193. The molecule has 1 aromatic heterocycles. The maximum atomic E-state index is 5.86. The van der Waals surface area contributed by atoms with Gasteiger partial charge in [0, 0.05) is 32.7 Å². The van der Waals surface area contributed by atoms with Gasteiger partial charge in [0.15, 0.2) is 0 Å². The summed E-state index contributed by atoms with van der Waals surface area (Å²) < 4.78 is 6.53. The Bertz CT molecular complexity index is 334. The van der Waals surface area contributed by atoms with Crippen LogP contribution in [-0.4, -0.2) is 49.6 Å².